The van der Waals surface area contributed by atoms with E-state index in [0.29, 0.717) is 18.2 Å². The SMILES string of the molecule is CC(c1ccccc1)N1C[C@H](C)CC1=O. The maximum Gasteiger partial charge on any atom is 0.223 e. The first-order valence-electron chi connectivity index (χ1n) is 5.53. The Labute approximate surface area is 90.9 Å². The lowest BCUT2D eigenvalue weighted by molar-refractivity contribution is -0.129. The number of amides is 1. The summed E-state index contributed by atoms with van der Waals surface area (Å²) in [7, 11) is 0. The second-order valence-corrected chi connectivity index (χ2v) is 4.44. The molecule has 1 amide bonds. The summed E-state index contributed by atoms with van der Waals surface area (Å²) in [6.07, 6.45) is 0.706. The lowest BCUT2D eigenvalue weighted by Crippen LogP contribution is -2.28. The van der Waals surface area contributed by atoms with Gasteiger partial charge in [-0.3, -0.25) is 4.79 Å². The second kappa shape index (κ2) is 4.05. The molecule has 0 bridgehead atoms. The van der Waals surface area contributed by atoms with Gasteiger partial charge in [0.2, 0.25) is 5.91 Å². The summed E-state index contributed by atoms with van der Waals surface area (Å²) in [5.41, 5.74) is 1.22. The van der Waals surface area contributed by atoms with E-state index in [4.69, 9.17) is 0 Å². The predicted molar refractivity (Wildman–Crippen MR) is 60.4 cm³/mol. The van der Waals surface area contributed by atoms with Crippen LogP contribution < -0.4 is 0 Å². The maximum absolute atomic E-state index is 11.7. The molecule has 1 fully saturated rings. The lowest BCUT2D eigenvalue weighted by Gasteiger charge is -2.24. The molecule has 0 saturated carbocycles. The van der Waals surface area contributed by atoms with Crippen LogP contribution in [-0.2, 0) is 4.79 Å². The zero-order chi connectivity index (χ0) is 10.8. The van der Waals surface area contributed by atoms with E-state index in [-0.39, 0.29) is 6.04 Å². The van der Waals surface area contributed by atoms with Gasteiger partial charge in [0.15, 0.2) is 0 Å². The molecule has 1 saturated heterocycles. The Balaban J connectivity index is 2.15. The van der Waals surface area contributed by atoms with Crippen LogP contribution in [0.15, 0.2) is 30.3 Å². The molecule has 80 valence electrons. The van der Waals surface area contributed by atoms with Gasteiger partial charge in [-0.05, 0) is 18.4 Å². The quantitative estimate of drug-likeness (QED) is 0.723. The first-order chi connectivity index (χ1) is 7.18. The number of nitrogens with zero attached hydrogens (tertiary/aromatic N) is 1. The van der Waals surface area contributed by atoms with Gasteiger partial charge in [-0.25, -0.2) is 0 Å². The Kier molecular flexibility index (Phi) is 2.76. The topological polar surface area (TPSA) is 20.3 Å². The minimum absolute atomic E-state index is 0.212. The summed E-state index contributed by atoms with van der Waals surface area (Å²) < 4.78 is 0. The van der Waals surface area contributed by atoms with Crippen LogP contribution in [0, 0.1) is 5.92 Å². The fourth-order valence-electron chi connectivity index (χ4n) is 2.20. The first-order valence-corrected chi connectivity index (χ1v) is 5.53. The van der Waals surface area contributed by atoms with Crippen LogP contribution >= 0.6 is 0 Å². The monoisotopic (exact) mass is 203 g/mol. The molecular weight excluding hydrogens is 186 g/mol. The first kappa shape index (κ1) is 10.2. The summed E-state index contributed by atoms with van der Waals surface area (Å²) in [5, 5.41) is 0. The molecule has 2 atom stereocenters. The van der Waals surface area contributed by atoms with Crippen molar-refractivity contribution >= 4 is 5.91 Å². The minimum Gasteiger partial charge on any atom is -0.336 e. The van der Waals surface area contributed by atoms with Crippen molar-refractivity contribution < 1.29 is 4.79 Å². The molecule has 0 aromatic heterocycles. The molecule has 1 unspecified atom stereocenters. The lowest BCUT2D eigenvalue weighted by atomic mass is 10.1. The number of rotatable bonds is 2. The number of likely N-dealkylation sites (tertiary alicyclic amines) is 1. The van der Waals surface area contributed by atoms with Crippen molar-refractivity contribution in [2.45, 2.75) is 26.3 Å². The summed E-state index contributed by atoms with van der Waals surface area (Å²) in [6.45, 7) is 5.13. The number of carbonyl (C=O) groups is 1. The van der Waals surface area contributed by atoms with Crippen LogP contribution in [0.2, 0.25) is 0 Å². The van der Waals surface area contributed by atoms with Crippen LogP contribution in [0.4, 0.5) is 0 Å². The molecule has 2 nitrogen and oxygen atoms in total. The van der Waals surface area contributed by atoms with E-state index < -0.39 is 0 Å². The van der Waals surface area contributed by atoms with Gasteiger partial charge in [0.05, 0.1) is 6.04 Å². The Morgan fingerprint density at radius 1 is 1.33 bits per heavy atom. The van der Waals surface area contributed by atoms with Gasteiger partial charge in [-0.2, -0.15) is 0 Å². The van der Waals surface area contributed by atoms with Gasteiger partial charge in [0.1, 0.15) is 0 Å². The molecular formula is C13H17NO. The van der Waals surface area contributed by atoms with Crippen molar-refractivity contribution in [1.82, 2.24) is 4.90 Å². The molecule has 2 rings (SSSR count). The minimum atomic E-state index is 0.212. The summed E-state index contributed by atoms with van der Waals surface area (Å²) in [5.74, 6) is 0.794. The molecule has 0 N–H and O–H groups in total. The van der Waals surface area contributed by atoms with Crippen molar-refractivity contribution in [1.29, 1.82) is 0 Å². The van der Waals surface area contributed by atoms with E-state index in [9.17, 15) is 4.79 Å². The van der Waals surface area contributed by atoms with Crippen molar-refractivity contribution in [2.24, 2.45) is 5.92 Å². The van der Waals surface area contributed by atoms with E-state index in [1.807, 2.05) is 23.1 Å². The highest BCUT2D eigenvalue weighted by atomic mass is 16.2. The van der Waals surface area contributed by atoms with E-state index >= 15 is 0 Å². The Hall–Kier alpha value is -1.31. The molecule has 0 radical (unpaired) electrons. The van der Waals surface area contributed by atoms with Gasteiger partial charge in [0, 0.05) is 13.0 Å². The standard InChI is InChI=1S/C13H17NO/c1-10-8-13(15)14(9-10)11(2)12-6-4-3-5-7-12/h3-7,10-11H,8-9H2,1-2H3/t10-,11?/m1/s1. The highest BCUT2D eigenvalue weighted by Gasteiger charge is 2.30. The third kappa shape index (κ3) is 2.04. The van der Waals surface area contributed by atoms with Crippen LogP contribution in [0.5, 0.6) is 0 Å². The summed E-state index contributed by atoms with van der Waals surface area (Å²) >= 11 is 0. The molecule has 2 heteroatoms. The number of carbonyl (C=O) groups excluding carboxylic acids is 1. The van der Waals surface area contributed by atoms with E-state index in [1.54, 1.807) is 0 Å². The smallest absolute Gasteiger partial charge is 0.223 e. The Morgan fingerprint density at radius 2 is 2.00 bits per heavy atom. The van der Waals surface area contributed by atoms with E-state index in [0.717, 1.165) is 6.54 Å². The van der Waals surface area contributed by atoms with Crippen LogP contribution in [0.3, 0.4) is 0 Å². The third-order valence-electron chi connectivity index (χ3n) is 3.10. The zero-order valence-electron chi connectivity index (χ0n) is 9.31. The number of hydrogen-bond acceptors (Lipinski definition) is 1. The van der Waals surface area contributed by atoms with Gasteiger partial charge >= 0.3 is 0 Å². The van der Waals surface area contributed by atoms with Gasteiger partial charge < -0.3 is 4.90 Å². The molecule has 1 heterocycles. The van der Waals surface area contributed by atoms with Crippen molar-refractivity contribution in [3.05, 3.63) is 35.9 Å². The van der Waals surface area contributed by atoms with Gasteiger partial charge in [-0.15, -0.1) is 0 Å². The van der Waals surface area contributed by atoms with Gasteiger partial charge in [0.25, 0.3) is 0 Å². The van der Waals surface area contributed by atoms with Crippen LogP contribution in [-0.4, -0.2) is 17.4 Å². The van der Waals surface area contributed by atoms with E-state index in [2.05, 4.69) is 26.0 Å². The number of hydrogen-bond donors (Lipinski definition) is 0. The molecule has 0 spiro atoms. The van der Waals surface area contributed by atoms with Crippen molar-refractivity contribution in [2.75, 3.05) is 6.54 Å². The van der Waals surface area contributed by atoms with Crippen LogP contribution in [0.25, 0.3) is 0 Å². The molecule has 1 aromatic carbocycles. The van der Waals surface area contributed by atoms with Gasteiger partial charge in [-0.1, -0.05) is 37.3 Å². The highest BCUT2D eigenvalue weighted by molar-refractivity contribution is 5.79. The van der Waals surface area contributed by atoms with Crippen molar-refractivity contribution in [3.63, 3.8) is 0 Å². The summed E-state index contributed by atoms with van der Waals surface area (Å²) in [4.78, 5) is 13.7. The van der Waals surface area contributed by atoms with Crippen molar-refractivity contribution in [3.8, 4) is 0 Å². The highest BCUT2D eigenvalue weighted by Crippen LogP contribution is 2.27. The summed E-state index contributed by atoms with van der Waals surface area (Å²) in [6, 6.07) is 10.4. The third-order valence-corrected chi connectivity index (χ3v) is 3.10. The fraction of sp³-hybridized carbons (Fsp3) is 0.462. The molecule has 15 heavy (non-hydrogen) atoms. The molecule has 0 aliphatic carbocycles. The second-order valence-electron chi connectivity index (χ2n) is 4.44. The molecule has 1 aliphatic rings. The molecule has 1 aliphatic heterocycles. The Bertz CT molecular complexity index is 347. The normalized spacial score (nSPS) is 23.2. The average molecular weight is 203 g/mol. The predicted octanol–water partition coefficient (Wildman–Crippen LogP) is 2.62. The number of benzene rings is 1. The fourth-order valence-corrected chi connectivity index (χ4v) is 2.20. The largest absolute Gasteiger partial charge is 0.336 e. The molecule has 1 aromatic rings. The Morgan fingerprint density at radius 3 is 2.53 bits per heavy atom. The zero-order valence-corrected chi connectivity index (χ0v) is 9.31. The average Bonchev–Trinajstić information content (AvgIpc) is 2.58. The van der Waals surface area contributed by atoms with Crippen LogP contribution in [0.1, 0.15) is 31.9 Å². The van der Waals surface area contributed by atoms with E-state index in [1.165, 1.54) is 5.56 Å². The maximum atomic E-state index is 11.7.